The van der Waals surface area contributed by atoms with Crippen LogP contribution in [0, 0.1) is 0 Å². The third-order valence-electron chi connectivity index (χ3n) is 3.25. The molecule has 2 N–H and O–H groups in total. The van der Waals surface area contributed by atoms with Crippen molar-refractivity contribution >= 4 is 5.97 Å². The molecule has 0 amide bonds. The van der Waals surface area contributed by atoms with Crippen LogP contribution in [-0.4, -0.2) is 54.0 Å². The number of hydrogen-bond acceptors (Lipinski definition) is 6. The second kappa shape index (κ2) is 8.36. The van der Waals surface area contributed by atoms with Gasteiger partial charge in [-0.25, -0.2) is 4.79 Å². The van der Waals surface area contributed by atoms with E-state index < -0.39 is 18.5 Å². The van der Waals surface area contributed by atoms with E-state index in [0.29, 0.717) is 12.8 Å². The Labute approximate surface area is 119 Å². The summed E-state index contributed by atoms with van der Waals surface area (Å²) >= 11 is 0. The Hall–Kier alpha value is -0.950. The number of allylic oxidation sites excluding steroid dienone is 1. The van der Waals surface area contributed by atoms with Gasteiger partial charge in [0.25, 0.3) is 0 Å². The number of aliphatic hydroxyl groups excluding tert-OH is 2. The van der Waals surface area contributed by atoms with Crippen molar-refractivity contribution in [1.29, 1.82) is 0 Å². The minimum absolute atomic E-state index is 0.126. The van der Waals surface area contributed by atoms with E-state index in [1.54, 1.807) is 13.0 Å². The Kier molecular flexibility index (Phi) is 7.15. The van der Waals surface area contributed by atoms with E-state index in [9.17, 15) is 15.0 Å². The summed E-state index contributed by atoms with van der Waals surface area (Å²) in [6, 6.07) is 0. The third-order valence-corrected chi connectivity index (χ3v) is 3.25. The molecule has 0 aromatic heterocycles. The average Bonchev–Trinajstić information content (AvgIpc) is 2.40. The molecule has 116 valence electrons. The van der Waals surface area contributed by atoms with Crippen molar-refractivity contribution in [3.63, 3.8) is 0 Å². The fourth-order valence-electron chi connectivity index (χ4n) is 1.94. The van der Waals surface area contributed by atoms with Gasteiger partial charge in [-0.15, -0.1) is 0 Å². The molecule has 20 heavy (non-hydrogen) atoms. The highest BCUT2D eigenvalue weighted by atomic mass is 16.7. The minimum atomic E-state index is -0.825. The molecule has 0 saturated carbocycles. The van der Waals surface area contributed by atoms with Crippen molar-refractivity contribution < 1.29 is 29.2 Å². The van der Waals surface area contributed by atoms with Gasteiger partial charge in [0.05, 0.1) is 25.4 Å². The quantitative estimate of drug-likeness (QED) is 0.554. The summed E-state index contributed by atoms with van der Waals surface area (Å²) in [5.74, 6) is -0.382. The van der Waals surface area contributed by atoms with E-state index in [4.69, 9.17) is 9.47 Å². The first-order valence-corrected chi connectivity index (χ1v) is 6.85. The van der Waals surface area contributed by atoms with E-state index in [1.807, 2.05) is 6.92 Å². The Balaban J connectivity index is 2.29. The van der Waals surface area contributed by atoms with Crippen LogP contribution in [0.5, 0.6) is 0 Å². The molecule has 0 unspecified atom stereocenters. The van der Waals surface area contributed by atoms with Crippen LogP contribution >= 0.6 is 0 Å². The highest BCUT2D eigenvalue weighted by Gasteiger charge is 2.35. The normalized spacial score (nSPS) is 32.2. The molecule has 0 spiro atoms. The molecule has 0 radical (unpaired) electrons. The summed E-state index contributed by atoms with van der Waals surface area (Å²) in [5, 5.41) is 19.4. The molecule has 5 atom stereocenters. The van der Waals surface area contributed by atoms with Crippen molar-refractivity contribution in [2.75, 3.05) is 7.11 Å². The van der Waals surface area contributed by atoms with Crippen LogP contribution in [0.15, 0.2) is 12.2 Å². The molecule has 1 aliphatic heterocycles. The van der Waals surface area contributed by atoms with Gasteiger partial charge in [0, 0.05) is 12.5 Å². The van der Waals surface area contributed by atoms with Gasteiger partial charge in [0.15, 0.2) is 6.29 Å². The first-order valence-electron chi connectivity index (χ1n) is 6.85. The number of carbonyl (C=O) groups excluding carboxylic acids is 1. The van der Waals surface area contributed by atoms with Crippen LogP contribution in [0.2, 0.25) is 0 Å². The molecule has 0 bridgehead atoms. The summed E-state index contributed by atoms with van der Waals surface area (Å²) in [7, 11) is 1.33. The lowest BCUT2D eigenvalue weighted by molar-refractivity contribution is -0.273. The van der Waals surface area contributed by atoms with E-state index in [2.05, 4.69) is 4.74 Å². The second-order valence-electron chi connectivity index (χ2n) is 5.03. The van der Waals surface area contributed by atoms with Gasteiger partial charge < -0.3 is 24.4 Å². The fraction of sp³-hybridized carbons (Fsp3) is 0.786. The third kappa shape index (κ3) is 5.58. The number of aliphatic hydroxyl groups is 2. The van der Waals surface area contributed by atoms with Crippen LogP contribution in [0.4, 0.5) is 0 Å². The molecular weight excluding hydrogens is 264 g/mol. The standard InChI is InChI=1S/C14H24O6/c1-9(6-4-5-7-13(17)18-3)19-14-12(16)8-11(15)10(2)20-14/h5,7,9-12,14-16H,4,6,8H2,1-3H3/b7-5+/t9-,10+,11-,12-,14-/m1/s1. The van der Waals surface area contributed by atoms with Crippen LogP contribution < -0.4 is 0 Å². The van der Waals surface area contributed by atoms with Gasteiger partial charge in [0.2, 0.25) is 0 Å². The first kappa shape index (κ1) is 17.1. The topological polar surface area (TPSA) is 85.2 Å². The Morgan fingerprint density at radius 3 is 2.80 bits per heavy atom. The molecule has 0 aromatic carbocycles. The zero-order chi connectivity index (χ0) is 15.1. The van der Waals surface area contributed by atoms with Gasteiger partial charge in [-0.2, -0.15) is 0 Å². The lowest BCUT2D eigenvalue weighted by Gasteiger charge is -2.36. The maximum Gasteiger partial charge on any atom is 0.330 e. The highest BCUT2D eigenvalue weighted by molar-refractivity contribution is 5.81. The number of esters is 1. The summed E-state index contributed by atoms with van der Waals surface area (Å²) in [5.41, 5.74) is 0. The predicted octanol–water partition coefficient (Wildman–Crippen LogP) is 0.758. The van der Waals surface area contributed by atoms with E-state index in [1.165, 1.54) is 13.2 Å². The van der Waals surface area contributed by atoms with Crippen molar-refractivity contribution in [1.82, 2.24) is 0 Å². The monoisotopic (exact) mass is 288 g/mol. The van der Waals surface area contributed by atoms with Gasteiger partial charge >= 0.3 is 5.97 Å². The lowest BCUT2D eigenvalue weighted by atomic mass is 10.0. The summed E-state index contributed by atoms with van der Waals surface area (Å²) in [6.07, 6.45) is 2.02. The van der Waals surface area contributed by atoms with Gasteiger partial charge in [-0.1, -0.05) is 6.08 Å². The Bertz CT molecular complexity index is 330. The molecule has 0 aromatic rings. The van der Waals surface area contributed by atoms with Crippen molar-refractivity contribution in [2.24, 2.45) is 0 Å². The number of hydrogen-bond donors (Lipinski definition) is 2. The van der Waals surface area contributed by atoms with Gasteiger partial charge in [0.1, 0.15) is 6.10 Å². The predicted molar refractivity (Wildman–Crippen MR) is 71.9 cm³/mol. The Morgan fingerprint density at radius 2 is 2.15 bits per heavy atom. The first-order chi connectivity index (χ1) is 9.43. The van der Waals surface area contributed by atoms with Crippen LogP contribution in [-0.2, 0) is 19.0 Å². The SMILES string of the molecule is COC(=O)/C=C/CC[C@@H](C)O[C@@H]1O[C@@H](C)[C@H](O)C[C@H]1O. The van der Waals surface area contributed by atoms with E-state index in [0.717, 1.165) is 0 Å². The molecular formula is C14H24O6. The lowest BCUT2D eigenvalue weighted by Crippen LogP contribution is -2.48. The summed E-state index contributed by atoms with van der Waals surface area (Å²) in [4.78, 5) is 10.9. The van der Waals surface area contributed by atoms with Crippen molar-refractivity contribution in [3.8, 4) is 0 Å². The smallest absolute Gasteiger partial charge is 0.330 e. The van der Waals surface area contributed by atoms with Crippen LogP contribution in [0.1, 0.15) is 33.1 Å². The maximum absolute atomic E-state index is 10.9. The largest absolute Gasteiger partial charge is 0.466 e. The summed E-state index contributed by atoms with van der Waals surface area (Å²) in [6.45, 7) is 3.62. The molecule has 1 aliphatic rings. The molecule has 1 saturated heterocycles. The van der Waals surface area contributed by atoms with E-state index >= 15 is 0 Å². The zero-order valence-electron chi connectivity index (χ0n) is 12.2. The number of ether oxygens (including phenoxy) is 3. The molecule has 6 heteroatoms. The zero-order valence-corrected chi connectivity index (χ0v) is 12.2. The Morgan fingerprint density at radius 1 is 1.45 bits per heavy atom. The molecule has 6 nitrogen and oxygen atoms in total. The van der Waals surface area contributed by atoms with Gasteiger partial charge in [-0.3, -0.25) is 0 Å². The maximum atomic E-state index is 10.9. The van der Waals surface area contributed by atoms with Crippen molar-refractivity contribution in [2.45, 2.75) is 63.8 Å². The van der Waals surface area contributed by atoms with E-state index in [-0.39, 0.29) is 24.6 Å². The second-order valence-corrected chi connectivity index (χ2v) is 5.03. The van der Waals surface area contributed by atoms with Crippen LogP contribution in [0.25, 0.3) is 0 Å². The number of methoxy groups -OCH3 is 1. The molecule has 0 aliphatic carbocycles. The van der Waals surface area contributed by atoms with Crippen molar-refractivity contribution in [3.05, 3.63) is 12.2 Å². The number of carbonyl (C=O) groups is 1. The molecule has 1 fully saturated rings. The fourth-order valence-corrected chi connectivity index (χ4v) is 1.94. The average molecular weight is 288 g/mol. The molecule has 1 rings (SSSR count). The minimum Gasteiger partial charge on any atom is -0.466 e. The highest BCUT2D eigenvalue weighted by Crippen LogP contribution is 2.22. The number of rotatable bonds is 6. The van der Waals surface area contributed by atoms with Crippen LogP contribution in [0.3, 0.4) is 0 Å². The molecule has 1 heterocycles. The summed E-state index contributed by atoms with van der Waals surface area (Å²) < 4.78 is 15.5. The van der Waals surface area contributed by atoms with Gasteiger partial charge in [-0.05, 0) is 26.7 Å².